The summed E-state index contributed by atoms with van der Waals surface area (Å²) in [5, 5.41) is 0. The maximum Gasteiger partial charge on any atom is 0.416 e. The minimum Gasteiger partial charge on any atom is -0.335 e. The molecule has 0 aromatic heterocycles. The van der Waals surface area contributed by atoms with E-state index in [4.69, 9.17) is 0 Å². The first-order valence-corrected chi connectivity index (χ1v) is 9.47. The van der Waals surface area contributed by atoms with Crippen LogP contribution in [-0.4, -0.2) is 48.9 Å². The summed E-state index contributed by atoms with van der Waals surface area (Å²) in [7, 11) is 3.92. The topological polar surface area (TPSA) is 23.6 Å². The van der Waals surface area contributed by atoms with Gasteiger partial charge >= 0.3 is 6.18 Å². The molecule has 27 heavy (non-hydrogen) atoms. The molecule has 0 saturated heterocycles. The highest BCUT2D eigenvalue weighted by molar-refractivity contribution is 5.92. The van der Waals surface area contributed by atoms with E-state index >= 15 is 0 Å². The van der Waals surface area contributed by atoms with Gasteiger partial charge in [-0.05, 0) is 69.5 Å². The molecule has 0 unspecified atom stereocenters. The van der Waals surface area contributed by atoms with Gasteiger partial charge in [0.05, 0.1) is 5.56 Å². The number of nitrogens with zero attached hydrogens (tertiary/aromatic N) is 2. The van der Waals surface area contributed by atoms with Crippen molar-refractivity contribution in [1.29, 1.82) is 0 Å². The molecule has 1 aromatic carbocycles. The van der Waals surface area contributed by atoms with Crippen molar-refractivity contribution in [3.8, 4) is 0 Å². The second-order valence-corrected chi connectivity index (χ2v) is 7.71. The highest BCUT2D eigenvalue weighted by atomic mass is 19.4. The lowest BCUT2D eigenvalue weighted by Gasteiger charge is -2.36. The van der Waals surface area contributed by atoms with E-state index in [0.29, 0.717) is 18.0 Å². The van der Waals surface area contributed by atoms with Crippen LogP contribution in [0.1, 0.15) is 43.7 Å². The molecule has 0 atom stereocenters. The second-order valence-electron chi connectivity index (χ2n) is 7.71. The Kier molecular flexibility index (Phi) is 7.48. The van der Waals surface area contributed by atoms with Gasteiger partial charge in [-0.25, -0.2) is 0 Å². The Labute approximate surface area is 159 Å². The van der Waals surface area contributed by atoms with Gasteiger partial charge < -0.3 is 9.80 Å². The van der Waals surface area contributed by atoms with Gasteiger partial charge in [-0.15, -0.1) is 0 Å². The average Bonchev–Trinajstić information content (AvgIpc) is 2.61. The number of carbonyl (C=O) groups is 1. The molecule has 1 amide bonds. The minimum atomic E-state index is -4.38. The van der Waals surface area contributed by atoms with E-state index in [0.717, 1.165) is 44.4 Å². The summed E-state index contributed by atoms with van der Waals surface area (Å²) in [6.07, 6.45) is 2.68. The Hall–Kier alpha value is -1.82. The van der Waals surface area contributed by atoms with Crippen LogP contribution in [0, 0.1) is 5.92 Å². The van der Waals surface area contributed by atoms with Gasteiger partial charge in [0.15, 0.2) is 0 Å². The number of hydrogen-bond acceptors (Lipinski definition) is 2. The average molecular weight is 382 g/mol. The van der Waals surface area contributed by atoms with Crippen LogP contribution in [0.5, 0.6) is 0 Å². The van der Waals surface area contributed by atoms with Gasteiger partial charge in [0, 0.05) is 25.2 Å². The molecule has 0 radical (unpaired) electrons. The van der Waals surface area contributed by atoms with Crippen molar-refractivity contribution < 1.29 is 18.0 Å². The molecule has 0 aliphatic heterocycles. The Morgan fingerprint density at radius 2 is 1.81 bits per heavy atom. The standard InChI is InChI=1S/C21H29F3N2O/c1-16-7-10-19(11-8-16)26(14-13-25(2)3)20(27)12-9-17-5-4-6-18(15-17)21(22,23)24/h4-6,9,12,15-16,19H,7-8,10-11,13-14H2,1-3H3. The molecule has 1 aliphatic carbocycles. The fourth-order valence-corrected chi connectivity index (χ4v) is 3.42. The van der Waals surface area contributed by atoms with E-state index in [1.807, 2.05) is 23.9 Å². The highest BCUT2D eigenvalue weighted by Crippen LogP contribution is 2.30. The maximum atomic E-state index is 12.8. The smallest absolute Gasteiger partial charge is 0.335 e. The predicted molar refractivity (Wildman–Crippen MR) is 102 cm³/mol. The third-order valence-corrected chi connectivity index (χ3v) is 5.13. The molecule has 6 heteroatoms. The summed E-state index contributed by atoms with van der Waals surface area (Å²) in [6, 6.07) is 5.24. The van der Waals surface area contributed by atoms with E-state index in [-0.39, 0.29) is 11.9 Å². The van der Waals surface area contributed by atoms with Gasteiger partial charge in [0.2, 0.25) is 5.91 Å². The Balaban J connectivity index is 2.11. The van der Waals surface area contributed by atoms with Crippen LogP contribution in [0.25, 0.3) is 6.08 Å². The number of halogens is 3. The molecular formula is C21H29F3N2O. The molecule has 1 saturated carbocycles. The molecule has 0 heterocycles. The van der Waals surface area contributed by atoms with Crippen molar-refractivity contribution in [2.75, 3.05) is 27.2 Å². The third kappa shape index (κ3) is 6.69. The van der Waals surface area contributed by atoms with Gasteiger partial charge in [-0.1, -0.05) is 19.1 Å². The van der Waals surface area contributed by atoms with Crippen LogP contribution in [0.4, 0.5) is 13.2 Å². The molecule has 0 spiro atoms. The lowest BCUT2D eigenvalue weighted by Crippen LogP contribution is -2.44. The summed E-state index contributed by atoms with van der Waals surface area (Å²) >= 11 is 0. The van der Waals surface area contributed by atoms with Crippen molar-refractivity contribution >= 4 is 12.0 Å². The van der Waals surface area contributed by atoms with Gasteiger partial charge in [0.25, 0.3) is 0 Å². The zero-order chi connectivity index (χ0) is 20.0. The van der Waals surface area contributed by atoms with Crippen LogP contribution in [0.2, 0.25) is 0 Å². The predicted octanol–water partition coefficient (Wildman–Crippen LogP) is 4.69. The number of likely N-dealkylation sites (N-methyl/N-ethyl adjacent to an activating group) is 1. The second kappa shape index (κ2) is 9.40. The van der Waals surface area contributed by atoms with Crippen molar-refractivity contribution in [2.45, 2.75) is 44.8 Å². The Morgan fingerprint density at radius 1 is 1.15 bits per heavy atom. The summed E-state index contributed by atoms with van der Waals surface area (Å²) in [4.78, 5) is 16.7. The first kappa shape index (κ1) is 21.5. The molecule has 150 valence electrons. The first-order chi connectivity index (χ1) is 12.7. The molecule has 1 fully saturated rings. The van der Waals surface area contributed by atoms with Gasteiger partial charge in [-0.3, -0.25) is 4.79 Å². The highest BCUT2D eigenvalue weighted by Gasteiger charge is 2.30. The number of alkyl halides is 3. The van der Waals surface area contributed by atoms with Crippen molar-refractivity contribution in [1.82, 2.24) is 9.80 Å². The Morgan fingerprint density at radius 3 is 2.41 bits per heavy atom. The number of amides is 1. The quantitative estimate of drug-likeness (QED) is 0.667. The third-order valence-electron chi connectivity index (χ3n) is 5.13. The van der Waals surface area contributed by atoms with E-state index < -0.39 is 11.7 Å². The number of hydrogen-bond donors (Lipinski definition) is 0. The van der Waals surface area contributed by atoms with Crippen molar-refractivity contribution in [2.24, 2.45) is 5.92 Å². The zero-order valence-corrected chi connectivity index (χ0v) is 16.3. The SMILES string of the molecule is CC1CCC(N(CCN(C)C)C(=O)C=Cc2cccc(C(F)(F)F)c2)CC1. The van der Waals surface area contributed by atoms with E-state index in [1.54, 1.807) is 6.07 Å². The molecular weight excluding hydrogens is 353 g/mol. The van der Waals surface area contributed by atoms with Crippen LogP contribution >= 0.6 is 0 Å². The molecule has 1 aliphatic rings. The molecule has 3 nitrogen and oxygen atoms in total. The molecule has 0 bridgehead atoms. The summed E-state index contributed by atoms with van der Waals surface area (Å²) in [6.45, 7) is 3.61. The van der Waals surface area contributed by atoms with Crippen LogP contribution in [-0.2, 0) is 11.0 Å². The van der Waals surface area contributed by atoms with Crippen LogP contribution in [0.3, 0.4) is 0 Å². The lowest BCUT2D eigenvalue weighted by atomic mass is 9.86. The summed E-state index contributed by atoms with van der Waals surface area (Å²) < 4.78 is 38.5. The molecule has 1 aromatic rings. The number of benzene rings is 1. The monoisotopic (exact) mass is 382 g/mol. The summed E-state index contributed by atoms with van der Waals surface area (Å²) in [5.41, 5.74) is -0.328. The van der Waals surface area contributed by atoms with Gasteiger partial charge in [0.1, 0.15) is 0 Å². The fraction of sp³-hybridized carbons (Fsp3) is 0.571. The fourth-order valence-electron chi connectivity index (χ4n) is 3.42. The summed E-state index contributed by atoms with van der Waals surface area (Å²) in [5.74, 6) is 0.557. The van der Waals surface area contributed by atoms with Crippen molar-refractivity contribution in [3.63, 3.8) is 0 Å². The van der Waals surface area contributed by atoms with E-state index in [2.05, 4.69) is 6.92 Å². The molecule has 2 rings (SSSR count). The number of rotatable bonds is 6. The van der Waals surface area contributed by atoms with Crippen molar-refractivity contribution in [3.05, 3.63) is 41.5 Å². The first-order valence-electron chi connectivity index (χ1n) is 9.47. The zero-order valence-electron chi connectivity index (χ0n) is 16.3. The van der Waals surface area contributed by atoms with E-state index in [1.165, 1.54) is 18.2 Å². The van der Waals surface area contributed by atoms with E-state index in [9.17, 15) is 18.0 Å². The van der Waals surface area contributed by atoms with Crippen LogP contribution in [0.15, 0.2) is 30.3 Å². The largest absolute Gasteiger partial charge is 0.416 e. The maximum absolute atomic E-state index is 12.8. The lowest BCUT2D eigenvalue weighted by molar-refractivity contribution is -0.137. The minimum absolute atomic E-state index is 0.131. The number of carbonyl (C=O) groups excluding carboxylic acids is 1. The van der Waals surface area contributed by atoms with Crippen LogP contribution < -0.4 is 0 Å². The Bertz CT molecular complexity index is 647. The molecule has 0 N–H and O–H groups in total. The normalized spacial score (nSPS) is 21.0. The van der Waals surface area contributed by atoms with Gasteiger partial charge in [-0.2, -0.15) is 13.2 Å².